The molecule has 10 heteroatoms. The number of carbonyl (C=O) groups excluding carboxylic acids is 3. The Balaban J connectivity index is 1.26. The van der Waals surface area contributed by atoms with E-state index in [1.165, 1.54) is 0 Å². The second-order valence-corrected chi connectivity index (χ2v) is 11.4. The first-order valence-corrected chi connectivity index (χ1v) is 14.9. The van der Waals surface area contributed by atoms with Crippen LogP contribution in [0.5, 0.6) is 0 Å². The molecule has 0 spiro atoms. The van der Waals surface area contributed by atoms with Crippen LogP contribution >= 0.6 is 0 Å². The first kappa shape index (κ1) is 29.0. The van der Waals surface area contributed by atoms with Crippen LogP contribution in [0.4, 0.5) is 5.69 Å². The quantitative estimate of drug-likeness (QED) is 0.465. The van der Waals surface area contributed by atoms with Crippen molar-refractivity contribution >= 4 is 23.3 Å². The summed E-state index contributed by atoms with van der Waals surface area (Å²) in [6, 6.07) is 6.35. The monoisotopic (exact) mass is 556 g/mol. The number of rotatable bonds is 10. The van der Waals surface area contributed by atoms with Gasteiger partial charge in [-0.1, -0.05) is 19.3 Å². The molecule has 5 rings (SSSR count). The lowest BCUT2D eigenvalue weighted by molar-refractivity contribution is -0.139. The van der Waals surface area contributed by atoms with Gasteiger partial charge in [0, 0.05) is 57.7 Å². The Hall–Kier alpha value is -2.53. The Morgan fingerprint density at radius 2 is 1.80 bits per heavy atom. The van der Waals surface area contributed by atoms with Crippen molar-refractivity contribution in [2.75, 3.05) is 71.1 Å². The fourth-order valence-electron chi connectivity index (χ4n) is 6.73. The molecule has 1 saturated carbocycles. The number of methoxy groups -OCH3 is 1. The number of piperazine rings is 1. The maximum Gasteiger partial charge on any atom is 0.251 e. The predicted octanol–water partition coefficient (Wildman–Crippen LogP) is 1.72. The van der Waals surface area contributed by atoms with Gasteiger partial charge in [-0.15, -0.1) is 0 Å². The molecule has 0 aromatic heterocycles. The standard InChI is InChI=1S/C30H44N4O6/c1-3-39-25-19-34(27-24(35)20-40-28(25)27)30(37)26(21-7-5-4-6-8-21)31-29(36)22-9-11-23(12-10-22)33-15-13-32(14-16-33)17-18-38-2/h9-12,21,25-28H,3-8,13-20H2,1-2H3,(H,31,36)/t25-,26-,27+,28+/m0/s1. The number of nitrogens with zero attached hydrogens (tertiary/aromatic N) is 3. The summed E-state index contributed by atoms with van der Waals surface area (Å²) in [5, 5.41) is 3.09. The van der Waals surface area contributed by atoms with Gasteiger partial charge in [0.15, 0.2) is 5.78 Å². The summed E-state index contributed by atoms with van der Waals surface area (Å²) in [5.41, 5.74) is 1.62. The van der Waals surface area contributed by atoms with Crippen LogP contribution in [0.1, 0.15) is 49.4 Å². The average Bonchev–Trinajstić information content (AvgIpc) is 3.56. The highest BCUT2D eigenvalue weighted by molar-refractivity contribution is 5.99. The highest BCUT2D eigenvalue weighted by atomic mass is 16.6. The van der Waals surface area contributed by atoms with E-state index in [4.69, 9.17) is 14.2 Å². The zero-order valence-electron chi connectivity index (χ0n) is 23.9. The molecule has 0 unspecified atom stereocenters. The highest BCUT2D eigenvalue weighted by Crippen LogP contribution is 2.33. The lowest BCUT2D eigenvalue weighted by Gasteiger charge is -2.36. The lowest BCUT2D eigenvalue weighted by atomic mass is 9.83. The molecule has 3 heterocycles. The zero-order chi connectivity index (χ0) is 28.1. The van der Waals surface area contributed by atoms with Gasteiger partial charge in [-0.3, -0.25) is 19.3 Å². The van der Waals surface area contributed by atoms with Gasteiger partial charge in [-0.2, -0.15) is 0 Å². The topological polar surface area (TPSA) is 101 Å². The molecule has 4 aliphatic rings. The van der Waals surface area contributed by atoms with Crippen LogP contribution in [0, 0.1) is 5.92 Å². The van der Waals surface area contributed by atoms with E-state index in [1.54, 1.807) is 12.0 Å². The molecule has 220 valence electrons. The third-order valence-electron chi connectivity index (χ3n) is 8.95. The normalized spacial score (nSPS) is 26.6. The van der Waals surface area contributed by atoms with E-state index in [2.05, 4.69) is 15.1 Å². The number of ketones is 1. The van der Waals surface area contributed by atoms with Crippen molar-refractivity contribution in [3.63, 3.8) is 0 Å². The molecule has 0 radical (unpaired) electrons. The van der Waals surface area contributed by atoms with E-state index in [1.807, 2.05) is 31.2 Å². The summed E-state index contributed by atoms with van der Waals surface area (Å²) in [7, 11) is 1.73. The van der Waals surface area contributed by atoms with Crippen LogP contribution in [0.3, 0.4) is 0 Å². The minimum atomic E-state index is -0.679. The number of anilines is 1. The van der Waals surface area contributed by atoms with Gasteiger partial charge in [0.1, 0.15) is 30.9 Å². The van der Waals surface area contributed by atoms with Crippen molar-refractivity contribution in [3.8, 4) is 0 Å². The van der Waals surface area contributed by atoms with E-state index in [-0.39, 0.29) is 36.2 Å². The summed E-state index contributed by atoms with van der Waals surface area (Å²) in [6.45, 7) is 8.18. The van der Waals surface area contributed by atoms with Crippen LogP contribution in [0.2, 0.25) is 0 Å². The number of likely N-dealkylation sites (tertiary alicyclic amines) is 1. The first-order chi connectivity index (χ1) is 19.5. The molecule has 40 heavy (non-hydrogen) atoms. The van der Waals surface area contributed by atoms with Gasteiger partial charge >= 0.3 is 0 Å². The van der Waals surface area contributed by atoms with Gasteiger partial charge in [0.05, 0.1) is 13.2 Å². The summed E-state index contributed by atoms with van der Waals surface area (Å²) >= 11 is 0. The SMILES string of the molecule is CCO[C@H]1CN(C(=O)[C@@H](NC(=O)c2ccc(N3CCN(CCOC)CC3)cc2)C2CCCCC2)[C@@H]2C(=O)CO[C@H]12. The van der Waals surface area contributed by atoms with Crippen LogP contribution in [-0.2, 0) is 23.8 Å². The van der Waals surface area contributed by atoms with Crippen molar-refractivity contribution in [3.05, 3.63) is 29.8 Å². The Morgan fingerprint density at radius 3 is 2.48 bits per heavy atom. The van der Waals surface area contributed by atoms with Gasteiger partial charge in [0.25, 0.3) is 5.91 Å². The van der Waals surface area contributed by atoms with E-state index in [9.17, 15) is 14.4 Å². The van der Waals surface area contributed by atoms with Gasteiger partial charge < -0.3 is 29.3 Å². The molecule has 1 aromatic carbocycles. The molecule has 2 amide bonds. The number of hydrogen-bond acceptors (Lipinski definition) is 8. The summed E-state index contributed by atoms with van der Waals surface area (Å²) in [5.74, 6) is -0.504. The van der Waals surface area contributed by atoms with Gasteiger partial charge in [-0.05, 0) is 49.9 Å². The molecule has 0 bridgehead atoms. The Kier molecular flexibility index (Phi) is 9.72. The van der Waals surface area contributed by atoms with Crippen molar-refractivity contribution in [2.24, 2.45) is 5.92 Å². The Morgan fingerprint density at radius 1 is 1.07 bits per heavy atom. The second-order valence-electron chi connectivity index (χ2n) is 11.4. The second kappa shape index (κ2) is 13.4. The molecule has 1 aromatic rings. The number of nitrogens with one attached hydrogen (secondary N) is 1. The third kappa shape index (κ3) is 6.35. The average molecular weight is 557 g/mol. The van der Waals surface area contributed by atoms with Gasteiger partial charge in [-0.25, -0.2) is 0 Å². The molecule has 4 fully saturated rings. The molecular weight excluding hydrogens is 512 g/mol. The number of hydrogen-bond donors (Lipinski definition) is 1. The van der Waals surface area contributed by atoms with E-state index in [0.717, 1.165) is 77.1 Å². The molecule has 1 N–H and O–H groups in total. The Labute approximate surface area is 237 Å². The van der Waals surface area contributed by atoms with E-state index >= 15 is 0 Å². The van der Waals surface area contributed by atoms with Crippen molar-refractivity contribution in [2.45, 2.75) is 63.3 Å². The van der Waals surface area contributed by atoms with Crippen molar-refractivity contribution in [1.82, 2.24) is 15.1 Å². The smallest absolute Gasteiger partial charge is 0.251 e. The number of benzene rings is 1. The third-order valence-corrected chi connectivity index (χ3v) is 8.95. The summed E-state index contributed by atoms with van der Waals surface area (Å²) in [6.07, 6.45) is 4.21. The Bertz CT molecular complexity index is 1020. The minimum Gasteiger partial charge on any atom is -0.383 e. The first-order valence-electron chi connectivity index (χ1n) is 14.9. The summed E-state index contributed by atoms with van der Waals surface area (Å²) < 4.78 is 16.8. The maximum atomic E-state index is 14.0. The number of ether oxygens (including phenoxy) is 3. The molecule has 3 saturated heterocycles. The van der Waals surface area contributed by atoms with Crippen LogP contribution in [0.15, 0.2) is 24.3 Å². The maximum absolute atomic E-state index is 14.0. The molecule has 1 aliphatic carbocycles. The highest BCUT2D eigenvalue weighted by Gasteiger charge is 2.54. The van der Waals surface area contributed by atoms with Crippen LogP contribution in [0.25, 0.3) is 0 Å². The predicted molar refractivity (Wildman–Crippen MR) is 150 cm³/mol. The fraction of sp³-hybridized carbons (Fsp3) is 0.700. The lowest BCUT2D eigenvalue weighted by Crippen LogP contribution is -2.55. The number of carbonyl (C=O) groups is 3. The minimum absolute atomic E-state index is 0.00229. The van der Waals surface area contributed by atoms with Crippen LogP contribution < -0.4 is 10.2 Å². The van der Waals surface area contributed by atoms with Gasteiger partial charge in [0.2, 0.25) is 5.91 Å². The van der Waals surface area contributed by atoms with E-state index in [0.29, 0.717) is 18.7 Å². The largest absolute Gasteiger partial charge is 0.383 e. The number of amides is 2. The molecule has 4 atom stereocenters. The molecule has 10 nitrogen and oxygen atoms in total. The number of Topliss-reactive ketones (excluding diaryl/α,β-unsaturated/α-hetero) is 1. The fourth-order valence-corrected chi connectivity index (χ4v) is 6.73. The van der Waals surface area contributed by atoms with Crippen LogP contribution in [-0.4, -0.2) is 118 Å². The van der Waals surface area contributed by atoms with Crippen molar-refractivity contribution < 1.29 is 28.6 Å². The number of fused-ring (bicyclic) bond motifs is 1. The zero-order valence-corrected chi connectivity index (χ0v) is 23.9. The molecule has 3 aliphatic heterocycles. The molecular formula is C30H44N4O6. The summed E-state index contributed by atoms with van der Waals surface area (Å²) in [4.78, 5) is 46.6. The van der Waals surface area contributed by atoms with E-state index < -0.39 is 18.2 Å². The van der Waals surface area contributed by atoms with Crippen molar-refractivity contribution in [1.29, 1.82) is 0 Å².